The minimum atomic E-state index is -0.317. The molecule has 0 saturated heterocycles. The standard InChI is InChI=1S/C27H25N5O3S/c1-28-26(33)22-13-18-7-5-6-8-20(18)15-30(22)16-31-27(36)32(21-9-3-2-4-10-21)25(29-31)19-11-12-23-24(14-19)35-17-34-23/h2-12,14,22H,13,15-17H2,1H3,(H,28,33)/t22-/m1/s1. The Bertz CT molecular complexity index is 1500. The molecule has 1 aromatic heterocycles. The van der Waals surface area contributed by atoms with Gasteiger partial charge in [-0.05, 0) is 60.1 Å². The fourth-order valence-electron chi connectivity index (χ4n) is 4.86. The second kappa shape index (κ2) is 9.25. The number of amides is 1. The monoisotopic (exact) mass is 499 g/mol. The number of nitrogens with zero attached hydrogens (tertiary/aromatic N) is 4. The molecule has 36 heavy (non-hydrogen) atoms. The van der Waals surface area contributed by atoms with Gasteiger partial charge in [-0.2, -0.15) is 0 Å². The SMILES string of the molecule is CNC(=O)[C@H]1Cc2ccccc2CN1Cn1nc(-c2ccc3c(c2)OCO3)n(-c2ccccc2)c1=S. The van der Waals surface area contributed by atoms with Crippen LogP contribution in [0, 0.1) is 4.77 Å². The highest BCUT2D eigenvalue weighted by Crippen LogP contribution is 2.36. The third-order valence-electron chi connectivity index (χ3n) is 6.70. The molecule has 3 heterocycles. The maximum atomic E-state index is 12.8. The van der Waals surface area contributed by atoms with E-state index < -0.39 is 0 Å². The third-order valence-corrected chi connectivity index (χ3v) is 7.09. The van der Waals surface area contributed by atoms with Gasteiger partial charge in [0, 0.05) is 24.8 Å². The quantitative estimate of drug-likeness (QED) is 0.420. The molecule has 6 rings (SSSR count). The van der Waals surface area contributed by atoms with Crippen LogP contribution >= 0.6 is 12.2 Å². The molecule has 4 aromatic rings. The zero-order chi connectivity index (χ0) is 24.6. The van der Waals surface area contributed by atoms with Gasteiger partial charge in [0.2, 0.25) is 17.5 Å². The van der Waals surface area contributed by atoms with Crippen LogP contribution in [0.5, 0.6) is 11.5 Å². The summed E-state index contributed by atoms with van der Waals surface area (Å²) in [7, 11) is 1.68. The van der Waals surface area contributed by atoms with Crippen molar-refractivity contribution in [2.75, 3.05) is 13.8 Å². The fourth-order valence-corrected chi connectivity index (χ4v) is 5.15. The summed E-state index contributed by atoms with van der Waals surface area (Å²) in [5.74, 6) is 2.07. The van der Waals surface area contributed by atoms with E-state index in [1.807, 2.05) is 65.2 Å². The first-order chi connectivity index (χ1) is 17.6. The highest BCUT2D eigenvalue weighted by atomic mass is 32.1. The second-order valence-electron chi connectivity index (χ2n) is 8.84. The first-order valence-electron chi connectivity index (χ1n) is 11.8. The van der Waals surface area contributed by atoms with Crippen LogP contribution in [0.4, 0.5) is 0 Å². The molecule has 2 aliphatic rings. The summed E-state index contributed by atoms with van der Waals surface area (Å²) in [6, 6.07) is 23.6. The van der Waals surface area contributed by atoms with E-state index in [1.165, 1.54) is 11.1 Å². The van der Waals surface area contributed by atoms with Gasteiger partial charge in [0.05, 0.1) is 12.7 Å². The summed E-state index contributed by atoms with van der Waals surface area (Å²) in [5.41, 5.74) is 4.18. The topological polar surface area (TPSA) is 73.6 Å². The molecule has 0 spiro atoms. The molecule has 1 amide bonds. The van der Waals surface area contributed by atoms with Crippen LogP contribution in [0.25, 0.3) is 17.1 Å². The summed E-state index contributed by atoms with van der Waals surface area (Å²) in [6.45, 7) is 1.21. The minimum absolute atomic E-state index is 0.0190. The van der Waals surface area contributed by atoms with Gasteiger partial charge in [-0.25, -0.2) is 4.68 Å². The molecule has 0 radical (unpaired) electrons. The average molecular weight is 500 g/mol. The predicted molar refractivity (Wildman–Crippen MR) is 137 cm³/mol. The summed E-state index contributed by atoms with van der Waals surface area (Å²) < 4.78 is 15.4. The molecule has 182 valence electrons. The lowest BCUT2D eigenvalue weighted by molar-refractivity contribution is -0.127. The Hall–Kier alpha value is -3.95. The van der Waals surface area contributed by atoms with Crippen LogP contribution in [0.3, 0.4) is 0 Å². The fraction of sp³-hybridized carbons (Fsp3) is 0.222. The summed E-state index contributed by atoms with van der Waals surface area (Å²) in [6.07, 6.45) is 0.636. The van der Waals surface area contributed by atoms with E-state index in [2.05, 4.69) is 22.3 Å². The van der Waals surface area contributed by atoms with Gasteiger partial charge in [0.15, 0.2) is 17.3 Å². The number of rotatable bonds is 5. The summed E-state index contributed by atoms with van der Waals surface area (Å²) >= 11 is 5.95. The van der Waals surface area contributed by atoms with Crippen LogP contribution in [-0.4, -0.2) is 45.0 Å². The number of para-hydroxylation sites is 1. The van der Waals surface area contributed by atoms with Crippen molar-refractivity contribution in [3.8, 4) is 28.6 Å². The maximum absolute atomic E-state index is 12.8. The smallest absolute Gasteiger partial charge is 0.237 e. The Labute approximate surface area is 213 Å². The molecule has 1 atom stereocenters. The van der Waals surface area contributed by atoms with Gasteiger partial charge in [0.25, 0.3) is 0 Å². The first kappa shape index (κ1) is 22.5. The van der Waals surface area contributed by atoms with Crippen molar-refractivity contribution in [3.05, 3.63) is 88.7 Å². The number of hydrogen-bond acceptors (Lipinski definition) is 6. The normalized spacial score (nSPS) is 16.5. The lowest BCUT2D eigenvalue weighted by atomic mass is 9.94. The Morgan fingerprint density at radius 1 is 1.03 bits per heavy atom. The van der Waals surface area contributed by atoms with Crippen LogP contribution in [-0.2, 0) is 24.4 Å². The molecule has 0 saturated carbocycles. The zero-order valence-corrected chi connectivity index (χ0v) is 20.6. The van der Waals surface area contributed by atoms with Crippen molar-refractivity contribution in [2.24, 2.45) is 0 Å². The molecular weight excluding hydrogens is 474 g/mol. The first-order valence-corrected chi connectivity index (χ1v) is 12.2. The number of nitrogens with one attached hydrogen (secondary N) is 1. The van der Waals surface area contributed by atoms with Crippen LogP contribution in [0.1, 0.15) is 11.1 Å². The van der Waals surface area contributed by atoms with E-state index in [0.717, 1.165) is 11.3 Å². The van der Waals surface area contributed by atoms with Crippen molar-refractivity contribution in [2.45, 2.75) is 25.7 Å². The Morgan fingerprint density at radius 2 is 1.78 bits per heavy atom. The molecular formula is C27H25N5O3S. The highest BCUT2D eigenvalue weighted by molar-refractivity contribution is 7.71. The molecule has 0 fully saturated rings. The Kier molecular flexibility index (Phi) is 5.79. The number of likely N-dealkylation sites (N-methyl/N-ethyl adjacent to an activating group) is 1. The van der Waals surface area contributed by atoms with Gasteiger partial charge >= 0.3 is 0 Å². The third kappa shape index (κ3) is 3.96. The minimum Gasteiger partial charge on any atom is -0.454 e. The zero-order valence-electron chi connectivity index (χ0n) is 19.8. The number of aromatic nitrogens is 3. The van der Waals surface area contributed by atoms with Gasteiger partial charge in [-0.1, -0.05) is 42.5 Å². The van der Waals surface area contributed by atoms with Gasteiger partial charge in [-0.15, -0.1) is 5.10 Å². The maximum Gasteiger partial charge on any atom is 0.237 e. The molecule has 3 aromatic carbocycles. The van der Waals surface area contributed by atoms with Crippen molar-refractivity contribution >= 4 is 18.1 Å². The molecule has 2 aliphatic heterocycles. The van der Waals surface area contributed by atoms with E-state index in [1.54, 1.807) is 11.7 Å². The molecule has 9 heteroatoms. The number of hydrogen-bond donors (Lipinski definition) is 1. The number of ether oxygens (including phenoxy) is 2. The summed E-state index contributed by atoms with van der Waals surface area (Å²) in [4.78, 5) is 15.0. The largest absolute Gasteiger partial charge is 0.454 e. The highest BCUT2D eigenvalue weighted by Gasteiger charge is 2.32. The Balaban J connectivity index is 1.43. The van der Waals surface area contributed by atoms with Crippen LogP contribution < -0.4 is 14.8 Å². The van der Waals surface area contributed by atoms with E-state index >= 15 is 0 Å². The predicted octanol–water partition coefficient (Wildman–Crippen LogP) is 3.93. The van der Waals surface area contributed by atoms with Gasteiger partial charge < -0.3 is 14.8 Å². The van der Waals surface area contributed by atoms with E-state index in [9.17, 15) is 4.79 Å². The van der Waals surface area contributed by atoms with E-state index in [-0.39, 0.29) is 18.7 Å². The van der Waals surface area contributed by atoms with Crippen LogP contribution in [0.15, 0.2) is 72.8 Å². The van der Waals surface area contributed by atoms with Crippen molar-refractivity contribution < 1.29 is 14.3 Å². The van der Waals surface area contributed by atoms with Crippen molar-refractivity contribution in [1.29, 1.82) is 0 Å². The van der Waals surface area contributed by atoms with E-state index in [4.69, 9.17) is 26.8 Å². The summed E-state index contributed by atoms with van der Waals surface area (Å²) in [5, 5.41) is 7.78. The lowest BCUT2D eigenvalue weighted by Gasteiger charge is -2.35. The molecule has 1 N–H and O–H groups in total. The second-order valence-corrected chi connectivity index (χ2v) is 9.20. The molecule has 0 aliphatic carbocycles. The van der Waals surface area contributed by atoms with Crippen molar-refractivity contribution in [3.63, 3.8) is 0 Å². The van der Waals surface area contributed by atoms with Crippen molar-refractivity contribution in [1.82, 2.24) is 24.6 Å². The molecule has 8 nitrogen and oxygen atoms in total. The Morgan fingerprint density at radius 3 is 2.58 bits per heavy atom. The lowest BCUT2D eigenvalue weighted by Crippen LogP contribution is -2.50. The number of carbonyl (C=O) groups excluding carboxylic acids is 1. The molecule has 0 bridgehead atoms. The average Bonchev–Trinajstić information content (AvgIpc) is 3.52. The van der Waals surface area contributed by atoms with Gasteiger partial charge in [-0.3, -0.25) is 14.3 Å². The van der Waals surface area contributed by atoms with Gasteiger partial charge in [0.1, 0.15) is 0 Å². The van der Waals surface area contributed by atoms with Crippen LogP contribution in [0.2, 0.25) is 0 Å². The molecule has 0 unspecified atom stereocenters. The number of fused-ring (bicyclic) bond motifs is 2. The van der Waals surface area contributed by atoms with E-state index in [0.29, 0.717) is 41.7 Å². The number of carbonyl (C=O) groups is 1. The number of benzene rings is 3.